The molecule has 0 aromatic carbocycles. The van der Waals surface area contributed by atoms with Gasteiger partial charge in [-0.25, -0.2) is 14.4 Å². The Morgan fingerprint density at radius 1 is 1.26 bits per heavy atom. The fourth-order valence-corrected chi connectivity index (χ4v) is 3.21. The van der Waals surface area contributed by atoms with Gasteiger partial charge in [-0.1, -0.05) is 0 Å². The molecule has 2 heterocycles. The van der Waals surface area contributed by atoms with Crippen LogP contribution in [0.25, 0.3) is 0 Å². The van der Waals surface area contributed by atoms with E-state index in [1.165, 1.54) is 0 Å². The van der Waals surface area contributed by atoms with Crippen LogP contribution in [0.4, 0.5) is 4.79 Å². The minimum Gasteiger partial charge on any atom is -0.480 e. The van der Waals surface area contributed by atoms with Crippen LogP contribution in [0.3, 0.4) is 0 Å². The van der Waals surface area contributed by atoms with Crippen molar-refractivity contribution in [2.75, 3.05) is 6.61 Å². The van der Waals surface area contributed by atoms with Crippen molar-refractivity contribution in [2.24, 2.45) is 11.5 Å². The summed E-state index contributed by atoms with van der Waals surface area (Å²) in [5.74, 6) is -2.79. The van der Waals surface area contributed by atoms with Crippen molar-refractivity contribution in [3.05, 3.63) is 32.6 Å². The first-order chi connectivity index (χ1) is 15.9. The van der Waals surface area contributed by atoms with Gasteiger partial charge in [-0.2, -0.15) is 0 Å². The number of aromatic nitrogens is 2. The number of aliphatic hydroxyl groups is 4. The second-order valence-corrected chi connectivity index (χ2v) is 7.40. The van der Waals surface area contributed by atoms with Crippen LogP contribution in [0.5, 0.6) is 0 Å². The van der Waals surface area contributed by atoms with Gasteiger partial charge in [0.2, 0.25) is 5.91 Å². The number of ether oxygens (including phenoxy) is 2. The number of carbonyl (C=O) groups is 3. The highest BCUT2D eigenvalue weighted by atomic mass is 16.6. The fourth-order valence-electron chi connectivity index (χ4n) is 3.21. The van der Waals surface area contributed by atoms with Crippen molar-refractivity contribution in [3.63, 3.8) is 0 Å². The highest BCUT2D eigenvalue weighted by Crippen LogP contribution is 2.30. The molecular formula is C17H25N5O12. The van der Waals surface area contributed by atoms with Crippen molar-refractivity contribution in [2.45, 2.75) is 55.8 Å². The SMILES string of the molecule is NC(=O)OCC(O)CC(N)C(=O)NC(C(=O)O)[C@H]1O[C@@H](n2cc(CO)c(=O)[nH]c2=O)[C@H](O)[C@@H]1O. The number of carboxylic acid groups (broad SMARTS) is 1. The van der Waals surface area contributed by atoms with Gasteiger partial charge in [0.1, 0.15) is 24.9 Å². The molecule has 190 valence electrons. The summed E-state index contributed by atoms with van der Waals surface area (Å²) >= 11 is 0. The number of carboxylic acids is 1. The minimum absolute atomic E-state index is 0.277. The Labute approximate surface area is 189 Å². The highest BCUT2D eigenvalue weighted by Gasteiger charge is 2.50. The molecule has 2 amide bonds. The van der Waals surface area contributed by atoms with Gasteiger partial charge in [0.05, 0.1) is 24.3 Å². The van der Waals surface area contributed by atoms with E-state index in [0.717, 1.165) is 6.20 Å². The van der Waals surface area contributed by atoms with Crippen LogP contribution in [0.1, 0.15) is 18.2 Å². The number of hydrogen-bond donors (Lipinski definition) is 9. The largest absolute Gasteiger partial charge is 0.480 e. The number of nitrogens with one attached hydrogen (secondary N) is 2. The Kier molecular flexibility index (Phi) is 8.85. The molecule has 7 atom stereocenters. The van der Waals surface area contributed by atoms with E-state index >= 15 is 0 Å². The number of carbonyl (C=O) groups excluding carboxylic acids is 2. The van der Waals surface area contributed by atoms with E-state index in [2.05, 4.69) is 4.74 Å². The molecular weight excluding hydrogens is 466 g/mol. The summed E-state index contributed by atoms with van der Waals surface area (Å²) in [4.78, 5) is 60.2. The maximum Gasteiger partial charge on any atom is 0.404 e. The van der Waals surface area contributed by atoms with Gasteiger partial charge in [-0.05, 0) is 0 Å². The standard InChI is InChI=1S/C17H25N5O12/c18-7(1-6(24)4-33-16(19)31)13(28)20-8(15(29)30)11-9(25)10(26)14(34-11)22-2-5(3-23)12(27)21-17(22)32/h2,6-11,14,23-26H,1,3-4,18H2,(H2,19,31)(H,20,28)(H,29,30)(H,21,27,32)/t6?,7?,8?,9-,10+,11+,14+/m0/s1. The van der Waals surface area contributed by atoms with Crippen LogP contribution in [-0.2, 0) is 25.7 Å². The van der Waals surface area contributed by atoms with Gasteiger partial charge in [-0.3, -0.25) is 19.1 Å². The van der Waals surface area contributed by atoms with Gasteiger partial charge in [-0.15, -0.1) is 0 Å². The third-order valence-corrected chi connectivity index (χ3v) is 4.93. The van der Waals surface area contributed by atoms with E-state index in [1.54, 1.807) is 0 Å². The quantitative estimate of drug-likeness (QED) is 0.148. The first kappa shape index (κ1) is 26.9. The molecule has 2 rings (SSSR count). The molecule has 0 spiro atoms. The number of aromatic amines is 1. The van der Waals surface area contributed by atoms with Crippen molar-refractivity contribution < 1.29 is 49.4 Å². The van der Waals surface area contributed by atoms with Crippen molar-refractivity contribution in [3.8, 4) is 0 Å². The van der Waals surface area contributed by atoms with Crippen molar-refractivity contribution >= 4 is 18.0 Å². The third-order valence-electron chi connectivity index (χ3n) is 4.93. The first-order valence-electron chi connectivity index (χ1n) is 9.73. The average molecular weight is 491 g/mol. The molecule has 1 aliphatic heterocycles. The molecule has 17 nitrogen and oxygen atoms in total. The maximum absolute atomic E-state index is 12.3. The maximum atomic E-state index is 12.3. The van der Waals surface area contributed by atoms with E-state index < -0.39 is 91.6 Å². The number of nitrogens with two attached hydrogens (primary N) is 2. The number of aliphatic hydroxyl groups excluding tert-OH is 4. The number of rotatable bonds is 10. The zero-order chi connectivity index (χ0) is 25.7. The summed E-state index contributed by atoms with van der Waals surface area (Å²) in [6.45, 7) is -1.34. The first-order valence-corrected chi connectivity index (χ1v) is 9.73. The molecule has 0 radical (unpaired) electrons. The third kappa shape index (κ3) is 6.16. The average Bonchev–Trinajstić information content (AvgIpc) is 3.04. The Morgan fingerprint density at radius 2 is 1.91 bits per heavy atom. The minimum atomic E-state index is -1.97. The molecule has 3 unspecified atom stereocenters. The number of hydrogen-bond acceptors (Lipinski definition) is 12. The van der Waals surface area contributed by atoms with Gasteiger partial charge in [0.25, 0.3) is 5.56 Å². The Morgan fingerprint density at radius 3 is 2.47 bits per heavy atom. The molecule has 1 fully saturated rings. The van der Waals surface area contributed by atoms with Gasteiger partial charge >= 0.3 is 17.8 Å². The van der Waals surface area contributed by atoms with Gasteiger partial charge in [0.15, 0.2) is 12.3 Å². The molecule has 0 aliphatic carbocycles. The lowest BCUT2D eigenvalue weighted by Crippen LogP contribution is -2.56. The second kappa shape index (κ2) is 11.2. The Balaban J connectivity index is 2.18. The lowest BCUT2D eigenvalue weighted by atomic mass is 10.0. The molecule has 11 N–H and O–H groups in total. The Bertz CT molecular complexity index is 1020. The predicted octanol–water partition coefficient (Wildman–Crippen LogP) is -5.61. The van der Waals surface area contributed by atoms with Crippen LogP contribution >= 0.6 is 0 Å². The molecule has 1 aliphatic rings. The molecule has 1 aromatic rings. The molecule has 17 heteroatoms. The highest BCUT2D eigenvalue weighted by molar-refractivity contribution is 5.87. The summed E-state index contributed by atoms with van der Waals surface area (Å²) < 4.78 is 10.3. The van der Waals surface area contributed by atoms with Gasteiger partial charge < -0.3 is 51.8 Å². The zero-order valence-corrected chi connectivity index (χ0v) is 17.4. The summed E-state index contributed by atoms with van der Waals surface area (Å²) in [6.07, 6.45) is -9.43. The summed E-state index contributed by atoms with van der Waals surface area (Å²) in [5, 5.41) is 51.1. The van der Waals surface area contributed by atoms with E-state index in [1.807, 2.05) is 10.3 Å². The van der Waals surface area contributed by atoms with Crippen LogP contribution in [0.2, 0.25) is 0 Å². The number of amides is 2. The molecule has 0 saturated carbocycles. The van der Waals surface area contributed by atoms with Gasteiger partial charge in [0, 0.05) is 12.6 Å². The monoisotopic (exact) mass is 491 g/mol. The molecule has 0 bridgehead atoms. The summed E-state index contributed by atoms with van der Waals surface area (Å²) in [5.41, 5.74) is 8.12. The number of nitrogens with zero attached hydrogens (tertiary/aromatic N) is 1. The zero-order valence-electron chi connectivity index (χ0n) is 17.4. The van der Waals surface area contributed by atoms with Crippen LogP contribution < -0.4 is 28.0 Å². The second-order valence-electron chi connectivity index (χ2n) is 7.40. The van der Waals surface area contributed by atoms with Crippen LogP contribution in [0, 0.1) is 0 Å². The fraction of sp³-hybridized carbons (Fsp3) is 0.588. The van der Waals surface area contributed by atoms with E-state index in [9.17, 15) is 49.5 Å². The number of H-pyrrole nitrogens is 1. The van der Waals surface area contributed by atoms with Crippen LogP contribution in [0.15, 0.2) is 15.8 Å². The lowest BCUT2D eigenvalue weighted by Gasteiger charge is -2.25. The van der Waals surface area contributed by atoms with E-state index in [0.29, 0.717) is 4.57 Å². The number of primary amides is 1. The molecule has 1 aromatic heterocycles. The summed E-state index contributed by atoms with van der Waals surface area (Å²) in [6, 6.07) is -3.45. The summed E-state index contributed by atoms with van der Waals surface area (Å²) in [7, 11) is 0. The van der Waals surface area contributed by atoms with Crippen LogP contribution in [-0.4, -0.2) is 96.2 Å². The number of aliphatic carboxylic acids is 1. The molecule has 1 saturated heterocycles. The topological polar surface area (TPSA) is 290 Å². The predicted molar refractivity (Wildman–Crippen MR) is 107 cm³/mol. The lowest BCUT2D eigenvalue weighted by molar-refractivity contribution is -0.149. The Hall–Kier alpha value is -3.35. The van der Waals surface area contributed by atoms with Crippen molar-refractivity contribution in [1.82, 2.24) is 14.9 Å². The normalized spacial score (nSPS) is 24.7. The molecule has 34 heavy (non-hydrogen) atoms. The van der Waals surface area contributed by atoms with E-state index in [4.69, 9.17) is 16.2 Å². The smallest absolute Gasteiger partial charge is 0.404 e. The van der Waals surface area contributed by atoms with E-state index in [-0.39, 0.29) is 5.56 Å². The van der Waals surface area contributed by atoms with Crippen molar-refractivity contribution in [1.29, 1.82) is 0 Å².